The van der Waals surface area contributed by atoms with Gasteiger partial charge in [-0.3, -0.25) is 4.79 Å². The van der Waals surface area contributed by atoms with Gasteiger partial charge in [-0.25, -0.2) is 8.78 Å². The molecule has 92 valence electrons. The third kappa shape index (κ3) is 1.65. The van der Waals surface area contributed by atoms with E-state index in [4.69, 9.17) is 0 Å². The predicted octanol–water partition coefficient (Wildman–Crippen LogP) is 3.27. The second kappa shape index (κ2) is 4.05. The van der Waals surface area contributed by atoms with Crippen molar-refractivity contribution < 1.29 is 13.6 Å². The van der Waals surface area contributed by atoms with Crippen LogP contribution in [0.3, 0.4) is 0 Å². The van der Waals surface area contributed by atoms with Crippen LogP contribution in [0.1, 0.15) is 28.9 Å². The maximum Gasteiger partial charge on any atom is 0.164 e. The van der Waals surface area contributed by atoms with Gasteiger partial charge in [0.25, 0.3) is 0 Å². The highest BCUT2D eigenvalue weighted by Crippen LogP contribution is 2.26. The maximum absolute atomic E-state index is 13.7. The summed E-state index contributed by atoms with van der Waals surface area (Å²) in [6.07, 6.45) is 3.73. The maximum atomic E-state index is 13.7. The van der Waals surface area contributed by atoms with Crippen molar-refractivity contribution in [3.63, 3.8) is 0 Å². The molecule has 0 radical (unpaired) electrons. The van der Waals surface area contributed by atoms with E-state index in [1.54, 1.807) is 16.8 Å². The Morgan fingerprint density at radius 3 is 2.72 bits per heavy atom. The Morgan fingerprint density at radius 1 is 1.11 bits per heavy atom. The second-order valence-electron chi connectivity index (χ2n) is 4.42. The number of carbonyl (C=O) groups is 1. The van der Waals surface area contributed by atoms with Gasteiger partial charge in [0.2, 0.25) is 0 Å². The van der Waals surface area contributed by atoms with Crippen molar-refractivity contribution in [2.24, 2.45) is 0 Å². The molecule has 1 aromatic heterocycles. The summed E-state index contributed by atoms with van der Waals surface area (Å²) in [4.78, 5) is 11.7. The van der Waals surface area contributed by atoms with Gasteiger partial charge in [-0.15, -0.1) is 0 Å². The number of Topliss-reactive ketones (excluding diaryl/α,β-unsaturated/α-hetero) is 1. The molecule has 18 heavy (non-hydrogen) atoms. The zero-order valence-corrected chi connectivity index (χ0v) is 9.62. The summed E-state index contributed by atoms with van der Waals surface area (Å²) in [7, 11) is 0. The molecule has 0 atom stereocenters. The molecular formula is C14H11F2NO. The van der Waals surface area contributed by atoms with E-state index in [0.717, 1.165) is 24.6 Å². The first-order valence-corrected chi connectivity index (χ1v) is 5.85. The minimum Gasteiger partial charge on any atom is -0.318 e. The van der Waals surface area contributed by atoms with Gasteiger partial charge in [-0.2, -0.15) is 0 Å². The average Bonchev–Trinajstić information content (AvgIpc) is 2.74. The van der Waals surface area contributed by atoms with Gasteiger partial charge in [-0.05, 0) is 31.0 Å². The molecule has 0 fully saturated rings. The van der Waals surface area contributed by atoms with Crippen LogP contribution in [0.2, 0.25) is 0 Å². The number of hydrogen-bond acceptors (Lipinski definition) is 1. The minimum absolute atomic E-state index is 0.0949. The first-order chi connectivity index (χ1) is 8.66. The van der Waals surface area contributed by atoms with Crippen LogP contribution in [0, 0.1) is 11.6 Å². The average molecular weight is 247 g/mol. The first-order valence-electron chi connectivity index (χ1n) is 5.85. The van der Waals surface area contributed by atoms with E-state index in [1.165, 1.54) is 12.1 Å². The number of ketones is 1. The summed E-state index contributed by atoms with van der Waals surface area (Å²) in [6, 6.07) is 5.17. The van der Waals surface area contributed by atoms with Crippen LogP contribution >= 0.6 is 0 Å². The van der Waals surface area contributed by atoms with Gasteiger partial charge < -0.3 is 4.57 Å². The van der Waals surface area contributed by atoms with Crippen molar-refractivity contribution in [3.05, 3.63) is 53.4 Å². The van der Waals surface area contributed by atoms with Crippen molar-refractivity contribution in [2.75, 3.05) is 0 Å². The van der Waals surface area contributed by atoms with Crippen molar-refractivity contribution >= 4 is 5.78 Å². The lowest BCUT2D eigenvalue weighted by Crippen LogP contribution is -2.12. The number of nitrogens with zero attached hydrogens (tertiary/aromatic N) is 1. The van der Waals surface area contributed by atoms with Crippen molar-refractivity contribution in [3.8, 4) is 5.69 Å². The summed E-state index contributed by atoms with van der Waals surface area (Å²) in [5, 5.41) is 0. The quantitative estimate of drug-likeness (QED) is 0.758. The third-order valence-electron chi connectivity index (χ3n) is 3.28. The fourth-order valence-corrected chi connectivity index (χ4v) is 2.43. The molecule has 4 heteroatoms. The molecule has 0 unspecified atom stereocenters. The Morgan fingerprint density at radius 2 is 1.94 bits per heavy atom. The van der Waals surface area contributed by atoms with E-state index in [0.29, 0.717) is 12.0 Å². The van der Waals surface area contributed by atoms with Crippen molar-refractivity contribution in [1.29, 1.82) is 0 Å². The number of rotatable bonds is 1. The molecule has 0 amide bonds. The standard InChI is InChI=1S/C14H11F2NO/c15-9-4-5-13(11(16)8-9)17-7-6-10-12(17)2-1-3-14(10)18/h4-8H,1-3H2. The highest BCUT2D eigenvalue weighted by Gasteiger charge is 2.22. The fraction of sp³-hybridized carbons (Fsp3) is 0.214. The van der Waals surface area contributed by atoms with E-state index < -0.39 is 11.6 Å². The normalized spacial score (nSPS) is 14.7. The van der Waals surface area contributed by atoms with E-state index >= 15 is 0 Å². The van der Waals surface area contributed by atoms with E-state index in [2.05, 4.69) is 0 Å². The zero-order valence-electron chi connectivity index (χ0n) is 9.62. The van der Waals surface area contributed by atoms with Gasteiger partial charge in [0.05, 0.1) is 5.69 Å². The van der Waals surface area contributed by atoms with Crippen LogP contribution in [0.25, 0.3) is 5.69 Å². The smallest absolute Gasteiger partial charge is 0.164 e. The van der Waals surface area contributed by atoms with Gasteiger partial charge in [-0.1, -0.05) is 0 Å². The number of benzene rings is 1. The molecule has 2 aromatic rings. The predicted molar refractivity (Wildman–Crippen MR) is 63.0 cm³/mol. The highest BCUT2D eigenvalue weighted by molar-refractivity contribution is 5.98. The molecule has 0 N–H and O–H groups in total. The molecule has 0 aliphatic heterocycles. The van der Waals surface area contributed by atoms with Crippen molar-refractivity contribution in [2.45, 2.75) is 19.3 Å². The van der Waals surface area contributed by atoms with Gasteiger partial charge in [0.1, 0.15) is 11.6 Å². The van der Waals surface area contributed by atoms with Crippen LogP contribution in [0.15, 0.2) is 30.5 Å². The molecule has 1 aromatic carbocycles. The Hall–Kier alpha value is -1.97. The molecule has 0 bridgehead atoms. The largest absolute Gasteiger partial charge is 0.318 e. The number of aromatic nitrogens is 1. The second-order valence-corrected chi connectivity index (χ2v) is 4.42. The lowest BCUT2D eigenvalue weighted by Gasteiger charge is -2.15. The molecule has 3 rings (SSSR count). The summed E-state index contributed by atoms with van der Waals surface area (Å²) >= 11 is 0. The Balaban J connectivity index is 2.15. The number of carbonyl (C=O) groups excluding carboxylic acids is 1. The minimum atomic E-state index is -0.619. The fourth-order valence-electron chi connectivity index (χ4n) is 2.43. The summed E-state index contributed by atoms with van der Waals surface area (Å²) in [5.41, 5.74) is 1.76. The van der Waals surface area contributed by atoms with E-state index in [1.807, 2.05) is 0 Å². The van der Waals surface area contributed by atoms with Gasteiger partial charge in [0, 0.05) is 29.9 Å². The lowest BCUT2D eigenvalue weighted by molar-refractivity contribution is 0.0972. The molecule has 0 saturated carbocycles. The van der Waals surface area contributed by atoms with E-state index in [9.17, 15) is 13.6 Å². The molecule has 0 saturated heterocycles. The monoisotopic (exact) mass is 247 g/mol. The molecule has 1 heterocycles. The molecule has 2 nitrogen and oxygen atoms in total. The molecule has 1 aliphatic carbocycles. The summed E-state index contributed by atoms with van der Waals surface area (Å²) in [6.45, 7) is 0. The van der Waals surface area contributed by atoms with Crippen LogP contribution in [0.5, 0.6) is 0 Å². The van der Waals surface area contributed by atoms with E-state index in [-0.39, 0.29) is 11.5 Å². The lowest BCUT2D eigenvalue weighted by atomic mass is 9.97. The SMILES string of the molecule is O=C1CCCc2c1ccn2-c1ccc(F)cc1F. The molecule has 0 spiro atoms. The molecule has 1 aliphatic rings. The van der Waals surface area contributed by atoms with Crippen molar-refractivity contribution in [1.82, 2.24) is 4.57 Å². The summed E-state index contributed by atoms with van der Waals surface area (Å²) in [5.74, 6) is -1.13. The Bertz CT molecular complexity index is 631. The Kier molecular flexibility index (Phi) is 2.51. The van der Waals surface area contributed by atoms with Crippen LogP contribution in [-0.2, 0) is 6.42 Å². The Labute approximate surface area is 103 Å². The van der Waals surface area contributed by atoms with Gasteiger partial charge in [0.15, 0.2) is 5.78 Å². The van der Waals surface area contributed by atoms with Crippen LogP contribution in [-0.4, -0.2) is 10.4 Å². The number of fused-ring (bicyclic) bond motifs is 1. The topological polar surface area (TPSA) is 22.0 Å². The summed E-state index contributed by atoms with van der Waals surface area (Å²) < 4.78 is 28.3. The number of hydrogen-bond donors (Lipinski definition) is 0. The van der Waals surface area contributed by atoms with Crippen LogP contribution < -0.4 is 0 Å². The number of halogens is 2. The third-order valence-corrected chi connectivity index (χ3v) is 3.28. The zero-order chi connectivity index (χ0) is 12.7. The highest BCUT2D eigenvalue weighted by atomic mass is 19.1. The molecular weight excluding hydrogens is 236 g/mol. The first kappa shape index (κ1) is 11.1. The van der Waals surface area contributed by atoms with Gasteiger partial charge >= 0.3 is 0 Å². The van der Waals surface area contributed by atoms with Crippen LogP contribution in [0.4, 0.5) is 8.78 Å².